The molecular formula is C18H20FN3O4. The third-order valence-electron chi connectivity index (χ3n) is 4.59. The summed E-state index contributed by atoms with van der Waals surface area (Å²) in [6.07, 6.45) is 0.0335. The summed E-state index contributed by atoms with van der Waals surface area (Å²) in [7, 11) is 3.02. The number of amides is 2. The molecule has 0 spiro atoms. The van der Waals surface area contributed by atoms with Crippen LogP contribution in [0.2, 0.25) is 0 Å². The number of halogens is 1. The molecule has 3 rings (SSSR count). The third-order valence-corrected chi connectivity index (χ3v) is 4.59. The summed E-state index contributed by atoms with van der Waals surface area (Å²) in [5.74, 6) is -0.644. The molecule has 2 heterocycles. The summed E-state index contributed by atoms with van der Waals surface area (Å²) >= 11 is 0. The summed E-state index contributed by atoms with van der Waals surface area (Å²) < 4.78 is 24.7. The van der Waals surface area contributed by atoms with Crippen LogP contribution in [0.4, 0.5) is 4.39 Å². The Balaban J connectivity index is 1.89. The fraction of sp³-hybridized carbons (Fsp3) is 0.389. The second kappa shape index (κ2) is 7.15. The van der Waals surface area contributed by atoms with Gasteiger partial charge in [-0.3, -0.25) is 9.59 Å². The van der Waals surface area contributed by atoms with E-state index in [1.807, 2.05) is 0 Å². The maximum Gasteiger partial charge on any atom is 0.255 e. The molecule has 0 aliphatic carbocycles. The van der Waals surface area contributed by atoms with Gasteiger partial charge in [0.25, 0.3) is 11.8 Å². The number of ether oxygens (including phenoxy) is 2. The Labute approximate surface area is 149 Å². The molecule has 0 bridgehead atoms. The first-order chi connectivity index (χ1) is 12.5. The molecule has 2 N–H and O–H groups in total. The van der Waals surface area contributed by atoms with Gasteiger partial charge in [-0.1, -0.05) is 6.92 Å². The van der Waals surface area contributed by atoms with E-state index in [4.69, 9.17) is 9.47 Å². The molecule has 3 atom stereocenters. The highest BCUT2D eigenvalue weighted by Gasteiger charge is 2.40. The molecule has 0 radical (unpaired) electrons. The van der Waals surface area contributed by atoms with Crippen LogP contribution in [0.15, 0.2) is 24.4 Å². The van der Waals surface area contributed by atoms with Gasteiger partial charge in [-0.15, -0.1) is 0 Å². The van der Waals surface area contributed by atoms with Gasteiger partial charge in [0, 0.05) is 24.5 Å². The molecule has 1 aliphatic rings. The zero-order valence-corrected chi connectivity index (χ0v) is 14.7. The first-order valence-corrected chi connectivity index (χ1v) is 8.22. The van der Waals surface area contributed by atoms with Gasteiger partial charge in [0.15, 0.2) is 6.17 Å². The minimum Gasteiger partial charge on any atom is -0.496 e. The number of hydrogen-bond donors (Lipinski definition) is 2. The summed E-state index contributed by atoms with van der Waals surface area (Å²) in [5, 5.41) is 6.56. The van der Waals surface area contributed by atoms with Crippen molar-refractivity contribution in [2.75, 3.05) is 20.8 Å². The van der Waals surface area contributed by atoms with E-state index in [9.17, 15) is 14.0 Å². The van der Waals surface area contributed by atoms with Crippen molar-refractivity contribution in [1.82, 2.24) is 15.6 Å². The summed E-state index contributed by atoms with van der Waals surface area (Å²) in [5.41, 5.74) is 0.400. The highest BCUT2D eigenvalue weighted by molar-refractivity contribution is 6.02. The number of carbonyl (C=O) groups excluding carboxylic acids is 2. The number of fused-ring (bicyclic) bond motifs is 1. The van der Waals surface area contributed by atoms with Crippen LogP contribution < -0.4 is 20.1 Å². The number of aromatic nitrogens is 1. The normalized spacial score (nSPS) is 22.2. The predicted molar refractivity (Wildman–Crippen MR) is 93.2 cm³/mol. The molecule has 1 saturated heterocycles. The van der Waals surface area contributed by atoms with Crippen LogP contribution in [0.25, 0.3) is 10.8 Å². The Morgan fingerprint density at radius 2 is 2.19 bits per heavy atom. The number of nitrogens with zero attached hydrogens (tertiary/aromatic N) is 1. The summed E-state index contributed by atoms with van der Waals surface area (Å²) in [6, 6.07) is 4.70. The number of hydrogen-bond acceptors (Lipinski definition) is 5. The first kappa shape index (κ1) is 17.9. The minimum absolute atomic E-state index is 0.0962. The Bertz CT molecular complexity index is 858. The number of benzene rings is 1. The Kier molecular flexibility index (Phi) is 4.92. The van der Waals surface area contributed by atoms with Gasteiger partial charge < -0.3 is 20.1 Å². The average Bonchev–Trinajstić information content (AvgIpc) is 2.91. The fourth-order valence-electron chi connectivity index (χ4n) is 2.97. The molecule has 26 heavy (non-hydrogen) atoms. The molecule has 0 saturated carbocycles. The number of carbonyl (C=O) groups is 2. The van der Waals surface area contributed by atoms with Gasteiger partial charge in [-0.05, 0) is 23.6 Å². The average molecular weight is 361 g/mol. The lowest BCUT2D eigenvalue weighted by Crippen LogP contribution is -2.34. The topological polar surface area (TPSA) is 89.5 Å². The summed E-state index contributed by atoms with van der Waals surface area (Å²) in [6.45, 7) is 1.75. The van der Waals surface area contributed by atoms with Gasteiger partial charge >= 0.3 is 0 Å². The molecule has 8 heteroatoms. The van der Waals surface area contributed by atoms with Crippen molar-refractivity contribution >= 4 is 22.6 Å². The van der Waals surface area contributed by atoms with E-state index >= 15 is 0 Å². The van der Waals surface area contributed by atoms with Gasteiger partial charge in [0.1, 0.15) is 12.4 Å². The maximum atomic E-state index is 13.7. The van der Waals surface area contributed by atoms with Gasteiger partial charge in [0.05, 0.1) is 18.7 Å². The first-order valence-electron chi connectivity index (χ1n) is 8.22. The third kappa shape index (κ3) is 3.14. The van der Waals surface area contributed by atoms with Crippen LogP contribution in [0.5, 0.6) is 11.6 Å². The maximum absolute atomic E-state index is 13.7. The SMILES string of the molecule is CNC(=O)c1cc2ccnc(OC[C@H]3NC(=O)[C@@H](F)[C@H]3C)c2cc1OC. The van der Waals surface area contributed by atoms with Gasteiger partial charge in [-0.2, -0.15) is 0 Å². The number of rotatable bonds is 5. The highest BCUT2D eigenvalue weighted by atomic mass is 19.1. The minimum atomic E-state index is -1.53. The molecule has 1 aliphatic heterocycles. The molecule has 1 aromatic heterocycles. The molecular weight excluding hydrogens is 341 g/mol. The molecule has 2 aromatic rings. The smallest absolute Gasteiger partial charge is 0.255 e. The van der Waals surface area contributed by atoms with Crippen LogP contribution in [0.3, 0.4) is 0 Å². The van der Waals surface area contributed by atoms with Crippen LogP contribution in [0.1, 0.15) is 17.3 Å². The van der Waals surface area contributed by atoms with Crippen molar-refractivity contribution in [2.45, 2.75) is 19.1 Å². The highest BCUT2D eigenvalue weighted by Crippen LogP contribution is 2.31. The van der Waals surface area contributed by atoms with Crippen molar-refractivity contribution < 1.29 is 23.5 Å². The van der Waals surface area contributed by atoms with Crippen LogP contribution in [0, 0.1) is 5.92 Å². The van der Waals surface area contributed by atoms with E-state index < -0.39 is 24.0 Å². The zero-order valence-electron chi connectivity index (χ0n) is 14.7. The van der Waals surface area contributed by atoms with E-state index in [1.165, 1.54) is 7.11 Å². The lowest BCUT2D eigenvalue weighted by molar-refractivity contribution is -0.123. The lowest BCUT2D eigenvalue weighted by atomic mass is 10.0. The van der Waals surface area contributed by atoms with Crippen molar-refractivity contribution in [2.24, 2.45) is 5.92 Å². The number of nitrogens with one attached hydrogen (secondary N) is 2. The predicted octanol–water partition coefficient (Wildman–Crippen LogP) is 1.45. The van der Waals surface area contributed by atoms with Crippen LogP contribution >= 0.6 is 0 Å². The zero-order chi connectivity index (χ0) is 18.8. The van der Waals surface area contributed by atoms with Crippen LogP contribution in [-0.2, 0) is 4.79 Å². The Morgan fingerprint density at radius 3 is 2.81 bits per heavy atom. The van der Waals surface area contributed by atoms with Crippen molar-refractivity contribution in [3.05, 3.63) is 30.0 Å². The monoisotopic (exact) mass is 361 g/mol. The van der Waals surface area contributed by atoms with Crippen molar-refractivity contribution in [1.29, 1.82) is 0 Å². The van der Waals surface area contributed by atoms with E-state index in [2.05, 4.69) is 15.6 Å². The fourth-order valence-corrected chi connectivity index (χ4v) is 2.97. The van der Waals surface area contributed by atoms with Crippen molar-refractivity contribution in [3.8, 4) is 11.6 Å². The van der Waals surface area contributed by atoms with Gasteiger partial charge in [0.2, 0.25) is 5.88 Å². The molecule has 138 valence electrons. The van der Waals surface area contributed by atoms with Crippen molar-refractivity contribution in [3.63, 3.8) is 0 Å². The Morgan fingerprint density at radius 1 is 1.42 bits per heavy atom. The number of methoxy groups -OCH3 is 1. The quantitative estimate of drug-likeness (QED) is 0.841. The number of pyridine rings is 1. The van der Waals surface area contributed by atoms with E-state index in [0.29, 0.717) is 22.6 Å². The van der Waals surface area contributed by atoms with E-state index in [1.54, 1.807) is 38.4 Å². The van der Waals surface area contributed by atoms with E-state index in [0.717, 1.165) is 5.39 Å². The molecule has 2 amide bonds. The second-order valence-corrected chi connectivity index (χ2v) is 6.16. The number of alkyl halides is 1. The molecule has 1 fully saturated rings. The Hall–Kier alpha value is -2.90. The van der Waals surface area contributed by atoms with E-state index in [-0.39, 0.29) is 12.5 Å². The van der Waals surface area contributed by atoms with Crippen LogP contribution in [-0.4, -0.2) is 49.8 Å². The van der Waals surface area contributed by atoms with Gasteiger partial charge in [-0.25, -0.2) is 9.37 Å². The molecule has 7 nitrogen and oxygen atoms in total. The largest absolute Gasteiger partial charge is 0.496 e. The molecule has 1 aromatic carbocycles. The summed E-state index contributed by atoms with van der Waals surface area (Å²) in [4.78, 5) is 27.6. The molecule has 0 unspecified atom stereocenters. The standard InChI is InChI=1S/C18H20FN3O4/c1-9-13(22-17(24)15(9)19)8-26-18-11-7-14(25-3)12(16(23)20-2)6-10(11)4-5-21-18/h4-7,9,13,15H,8H2,1-3H3,(H,20,23)(H,22,24)/t9-,13+,15-/m0/s1. The second-order valence-electron chi connectivity index (χ2n) is 6.16. The lowest BCUT2D eigenvalue weighted by Gasteiger charge is -2.17.